The molecule has 4 nitrogen and oxygen atoms in total. The third-order valence-electron chi connectivity index (χ3n) is 4.96. The van der Waals surface area contributed by atoms with Crippen molar-refractivity contribution < 1.29 is 9.53 Å². The standard InChI is InChI=1S/C18H34N2O2/c1-18(2,3)22-17(21)20-13-15-10-6-7-11-16(15)19-12-14-8-4-5-9-14/h14-16,19H,4-13H2,1-3H3,(H,20,21). The van der Waals surface area contributed by atoms with Crippen LogP contribution in [0.5, 0.6) is 0 Å². The van der Waals surface area contributed by atoms with Gasteiger partial charge in [-0.3, -0.25) is 0 Å². The van der Waals surface area contributed by atoms with E-state index in [9.17, 15) is 4.79 Å². The minimum absolute atomic E-state index is 0.285. The van der Waals surface area contributed by atoms with Gasteiger partial charge in [-0.2, -0.15) is 0 Å². The average molecular weight is 310 g/mol. The molecule has 0 bridgehead atoms. The normalized spacial score (nSPS) is 26.9. The van der Waals surface area contributed by atoms with E-state index in [0.717, 1.165) is 19.0 Å². The van der Waals surface area contributed by atoms with Crippen LogP contribution in [0.2, 0.25) is 0 Å². The molecule has 0 aromatic rings. The summed E-state index contributed by atoms with van der Waals surface area (Å²) in [5.74, 6) is 1.42. The van der Waals surface area contributed by atoms with E-state index in [1.807, 2.05) is 20.8 Å². The number of nitrogens with one attached hydrogen (secondary N) is 2. The fourth-order valence-corrected chi connectivity index (χ4v) is 3.78. The van der Waals surface area contributed by atoms with Crippen molar-refractivity contribution in [1.82, 2.24) is 10.6 Å². The van der Waals surface area contributed by atoms with Crippen molar-refractivity contribution in [3.8, 4) is 0 Å². The zero-order valence-electron chi connectivity index (χ0n) is 14.6. The fraction of sp³-hybridized carbons (Fsp3) is 0.944. The summed E-state index contributed by atoms with van der Waals surface area (Å²) < 4.78 is 5.33. The maximum Gasteiger partial charge on any atom is 0.407 e. The van der Waals surface area contributed by atoms with Gasteiger partial charge in [-0.15, -0.1) is 0 Å². The minimum Gasteiger partial charge on any atom is -0.444 e. The highest BCUT2D eigenvalue weighted by atomic mass is 16.6. The Morgan fingerprint density at radius 2 is 1.64 bits per heavy atom. The molecular weight excluding hydrogens is 276 g/mol. The van der Waals surface area contributed by atoms with Crippen molar-refractivity contribution >= 4 is 6.09 Å². The Morgan fingerprint density at radius 3 is 2.32 bits per heavy atom. The first kappa shape index (κ1) is 17.6. The SMILES string of the molecule is CC(C)(C)OC(=O)NCC1CCCCC1NCC1CCCC1. The highest BCUT2D eigenvalue weighted by molar-refractivity contribution is 5.67. The summed E-state index contributed by atoms with van der Waals surface area (Å²) in [6.07, 6.45) is 10.3. The second-order valence-electron chi connectivity index (χ2n) is 8.09. The topological polar surface area (TPSA) is 50.4 Å². The first-order chi connectivity index (χ1) is 10.4. The lowest BCUT2D eigenvalue weighted by atomic mass is 9.84. The largest absolute Gasteiger partial charge is 0.444 e. The molecule has 22 heavy (non-hydrogen) atoms. The Bertz CT molecular complexity index is 345. The molecule has 2 fully saturated rings. The Balaban J connectivity index is 1.72. The van der Waals surface area contributed by atoms with Gasteiger partial charge in [-0.05, 0) is 64.8 Å². The number of hydrogen-bond acceptors (Lipinski definition) is 3. The number of rotatable bonds is 5. The molecule has 0 heterocycles. The quantitative estimate of drug-likeness (QED) is 0.811. The molecule has 4 heteroatoms. The molecule has 2 aliphatic carbocycles. The fourth-order valence-electron chi connectivity index (χ4n) is 3.78. The molecule has 0 aromatic heterocycles. The Labute approximate surface area is 135 Å². The van der Waals surface area contributed by atoms with Crippen LogP contribution < -0.4 is 10.6 Å². The van der Waals surface area contributed by atoms with Crippen LogP contribution in [0.15, 0.2) is 0 Å². The van der Waals surface area contributed by atoms with Crippen LogP contribution in [-0.4, -0.2) is 30.8 Å². The van der Waals surface area contributed by atoms with Crippen LogP contribution in [0.1, 0.15) is 72.1 Å². The van der Waals surface area contributed by atoms with Gasteiger partial charge in [-0.25, -0.2) is 4.79 Å². The van der Waals surface area contributed by atoms with E-state index in [4.69, 9.17) is 4.74 Å². The summed E-state index contributed by atoms with van der Waals surface area (Å²) in [7, 11) is 0. The van der Waals surface area contributed by atoms with Gasteiger partial charge in [0.05, 0.1) is 0 Å². The Kier molecular flexibility index (Phi) is 6.54. The second-order valence-corrected chi connectivity index (χ2v) is 8.09. The van der Waals surface area contributed by atoms with E-state index in [1.165, 1.54) is 51.4 Å². The molecule has 2 saturated carbocycles. The maximum atomic E-state index is 11.8. The molecule has 2 rings (SSSR count). The van der Waals surface area contributed by atoms with Crippen molar-refractivity contribution in [2.75, 3.05) is 13.1 Å². The van der Waals surface area contributed by atoms with Gasteiger partial charge in [0.1, 0.15) is 5.60 Å². The molecular formula is C18H34N2O2. The third-order valence-corrected chi connectivity index (χ3v) is 4.96. The van der Waals surface area contributed by atoms with E-state index in [1.54, 1.807) is 0 Å². The van der Waals surface area contributed by atoms with Gasteiger partial charge in [0.15, 0.2) is 0 Å². The molecule has 0 aliphatic heterocycles. The highest BCUT2D eigenvalue weighted by Gasteiger charge is 2.27. The summed E-state index contributed by atoms with van der Waals surface area (Å²) in [5.41, 5.74) is -0.420. The maximum absolute atomic E-state index is 11.8. The molecule has 0 radical (unpaired) electrons. The molecule has 2 unspecified atom stereocenters. The van der Waals surface area contributed by atoms with Crippen LogP contribution in [0.4, 0.5) is 4.79 Å². The molecule has 2 atom stereocenters. The third kappa shape index (κ3) is 6.15. The first-order valence-corrected chi connectivity index (χ1v) is 9.14. The van der Waals surface area contributed by atoms with Crippen LogP contribution >= 0.6 is 0 Å². The Hall–Kier alpha value is -0.770. The number of ether oxygens (including phenoxy) is 1. The number of alkyl carbamates (subject to hydrolysis) is 1. The summed E-state index contributed by atoms with van der Waals surface area (Å²) in [6.45, 7) is 7.60. The van der Waals surface area contributed by atoms with Gasteiger partial charge in [-0.1, -0.05) is 25.7 Å². The summed E-state index contributed by atoms with van der Waals surface area (Å²) in [5, 5.41) is 6.76. The van der Waals surface area contributed by atoms with E-state index in [-0.39, 0.29) is 6.09 Å². The molecule has 128 valence electrons. The molecule has 1 amide bonds. The average Bonchev–Trinajstić information content (AvgIpc) is 2.95. The number of carbonyl (C=O) groups is 1. The highest BCUT2D eigenvalue weighted by Crippen LogP contribution is 2.27. The van der Waals surface area contributed by atoms with Crippen LogP contribution in [0.3, 0.4) is 0 Å². The van der Waals surface area contributed by atoms with Crippen molar-refractivity contribution in [2.24, 2.45) is 11.8 Å². The van der Waals surface area contributed by atoms with Gasteiger partial charge >= 0.3 is 6.09 Å². The smallest absolute Gasteiger partial charge is 0.407 e. The lowest BCUT2D eigenvalue weighted by Crippen LogP contribution is -2.46. The summed E-state index contributed by atoms with van der Waals surface area (Å²) >= 11 is 0. The predicted molar refractivity (Wildman–Crippen MR) is 89.9 cm³/mol. The van der Waals surface area contributed by atoms with Gasteiger partial charge in [0, 0.05) is 12.6 Å². The molecule has 2 aliphatic rings. The molecule has 2 N–H and O–H groups in total. The van der Waals surface area contributed by atoms with E-state index in [2.05, 4.69) is 10.6 Å². The lowest BCUT2D eigenvalue weighted by Gasteiger charge is -2.33. The number of amides is 1. The summed E-state index contributed by atoms with van der Waals surface area (Å²) in [6, 6.07) is 0.560. The first-order valence-electron chi connectivity index (χ1n) is 9.14. The van der Waals surface area contributed by atoms with E-state index >= 15 is 0 Å². The lowest BCUT2D eigenvalue weighted by molar-refractivity contribution is 0.0510. The van der Waals surface area contributed by atoms with E-state index in [0.29, 0.717) is 12.0 Å². The molecule has 0 aromatic carbocycles. The van der Waals surface area contributed by atoms with Gasteiger partial charge in [0.2, 0.25) is 0 Å². The monoisotopic (exact) mass is 310 g/mol. The zero-order chi connectivity index (χ0) is 16.0. The van der Waals surface area contributed by atoms with Crippen LogP contribution in [-0.2, 0) is 4.74 Å². The van der Waals surface area contributed by atoms with Crippen molar-refractivity contribution in [2.45, 2.75) is 83.8 Å². The predicted octanol–water partition coefficient (Wildman–Crippen LogP) is 3.85. The summed E-state index contributed by atoms with van der Waals surface area (Å²) in [4.78, 5) is 11.8. The van der Waals surface area contributed by atoms with E-state index < -0.39 is 5.60 Å². The zero-order valence-corrected chi connectivity index (χ0v) is 14.6. The van der Waals surface area contributed by atoms with Crippen molar-refractivity contribution in [1.29, 1.82) is 0 Å². The molecule has 0 spiro atoms. The minimum atomic E-state index is -0.420. The van der Waals surface area contributed by atoms with Gasteiger partial charge < -0.3 is 15.4 Å². The van der Waals surface area contributed by atoms with Crippen LogP contribution in [0, 0.1) is 11.8 Å². The van der Waals surface area contributed by atoms with Crippen molar-refractivity contribution in [3.05, 3.63) is 0 Å². The molecule has 0 saturated heterocycles. The van der Waals surface area contributed by atoms with Crippen LogP contribution in [0.25, 0.3) is 0 Å². The number of hydrogen-bond donors (Lipinski definition) is 2. The Morgan fingerprint density at radius 1 is 1.00 bits per heavy atom. The second kappa shape index (κ2) is 8.19. The number of carbonyl (C=O) groups excluding carboxylic acids is 1. The van der Waals surface area contributed by atoms with Crippen molar-refractivity contribution in [3.63, 3.8) is 0 Å². The van der Waals surface area contributed by atoms with Gasteiger partial charge in [0.25, 0.3) is 0 Å².